The van der Waals surface area contributed by atoms with Crippen molar-refractivity contribution in [3.05, 3.63) is 99.8 Å². The Morgan fingerprint density at radius 3 is 2.63 bits per heavy atom. The Bertz CT molecular complexity index is 961. The van der Waals surface area contributed by atoms with Gasteiger partial charge in [0.05, 0.1) is 10.7 Å². The molecule has 0 saturated carbocycles. The molecule has 3 rings (SSSR count). The lowest BCUT2D eigenvalue weighted by Gasteiger charge is -2.08. The second kappa shape index (κ2) is 9.09. The van der Waals surface area contributed by atoms with Crippen molar-refractivity contribution in [2.24, 2.45) is 5.10 Å². The quantitative estimate of drug-likeness (QED) is 0.448. The van der Waals surface area contributed by atoms with Crippen LogP contribution in [0.3, 0.4) is 0 Å². The van der Waals surface area contributed by atoms with Gasteiger partial charge in [-0.2, -0.15) is 5.10 Å². The number of ether oxygens (including phenoxy) is 1. The van der Waals surface area contributed by atoms with Gasteiger partial charge in [-0.25, -0.2) is 9.82 Å². The minimum atomic E-state index is -0.479. The largest absolute Gasteiger partial charge is 0.488 e. The van der Waals surface area contributed by atoms with E-state index in [1.165, 1.54) is 24.4 Å². The van der Waals surface area contributed by atoms with Crippen LogP contribution in [0.4, 0.5) is 4.39 Å². The number of hydrogen-bond donors (Lipinski definition) is 1. The molecule has 0 aliphatic heterocycles. The van der Waals surface area contributed by atoms with E-state index < -0.39 is 11.7 Å². The van der Waals surface area contributed by atoms with Gasteiger partial charge in [-0.3, -0.25) is 4.79 Å². The van der Waals surface area contributed by atoms with Gasteiger partial charge < -0.3 is 4.74 Å². The van der Waals surface area contributed by atoms with Crippen LogP contribution in [-0.2, 0) is 6.61 Å². The number of rotatable bonds is 6. The van der Waals surface area contributed by atoms with Crippen LogP contribution in [0.15, 0.2) is 82.4 Å². The molecule has 3 aromatic carbocycles. The first-order valence-electron chi connectivity index (χ1n) is 8.17. The summed E-state index contributed by atoms with van der Waals surface area (Å²) in [5.41, 5.74) is 4.43. The summed E-state index contributed by atoms with van der Waals surface area (Å²) in [6.07, 6.45) is 1.50. The van der Waals surface area contributed by atoms with Crippen LogP contribution in [-0.4, -0.2) is 12.1 Å². The zero-order valence-corrected chi connectivity index (χ0v) is 15.8. The molecule has 0 fully saturated rings. The van der Waals surface area contributed by atoms with Crippen LogP contribution in [0.25, 0.3) is 0 Å². The fraction of sp³-hybridized carbons (Fsp3) is 0.0476. The normalized spacial score (nSPS) is 10.7. The smallest absolute Gasteiger partial charge is 0.271 e. The highest BCUT2D eigenvalue weighted by Crippen LogP contribution is 2.26. The number of nitrogens with one attached hydrogen (secondary N) is 1. The monoisotopic (exact) mass is 426 g/mol. The minimum Gasteiger partial charge on any atom is -0.488 e. The molecule has 1 N–H and O–H groups in total. The first kappa shape index (κ1) is 18.8. The van der Waals surface area contributed by atoms with Gasteiger partial charge in [0.2, 0.25) is 0 Å². The van der Waals surface area contributed by atoms with E-state index in [0.29, 0.717) is 12.4 Å². The fourth-order valence-electron chi connectivity index (χ4n) is 2.31. The van der Waals surface area contributed by atoms with Gasteiger partial charge in [0, 0.05) is 5.56 Å². The summed E-state index contributed by atoms with van der Waals surface area (Å²) in [6.45, 7) is 0.469. The molecule has 0 heterocycles. The van der Waals surface area contributed by atoms with Crippen LogP contribution < -0.4 is 10.2 Å². The van der Waals surface area contributed by atoms with E-state index in [9.17, 15) is 9.18 Å². The fourth-order valence-corrected chi connectivity index (χ4v) is 2.82. The third-order valence-electron chi connectivity index (χ3n) is 3.66. The predicted octanol–water partition coefficient (Wildman–Crippen LogP) is 4.93. The summed E-state index contributed by atoms with van der Waals surface area (Å²) in [6, 6.07) is 20.8. The van der Waals surface area contributed by atoms with E-state index in [1.54, 1.807) is 0 Å². The van der Waals surface area contributed by atoms with Crippen molar-refractivity contribution in [2.75, 3.05) is 0 Å². The number of carbonyl (C=O) groups is 1. The third kappa shape index (κ3) is 5.49. The molecule has 3 aromatic rings. The number of hydrazone groups is 1. The third-order valence-corrected chi connectivity index (χ3v) is 4.28. The summed E-state index contributed by atoms with van der Waals surface area (Å²) in [5, 5.41) is 3.90. The van der Waals surface area contributed by atoms with Gasteiger partial charge in [-0.05, 0) is 63.5 Å². The van der Waals surface area contributed by atoms with Crippen LogP contribution in [0, 0.1) is 5.82 Å². The van der Waals surface area contributed by atoms with E-state index >= 15 is 0 Å². The molecule has 0 saturated heterocycles. The lowest BCUT2D eigenvalue weighted by molar-refractivity contribution is 0.0954. The summed E-state index contributed by atoms with van der Waals surface area (Å²) >= 11 is 3.47. The average Bonchev–Trinajstić information content (AvgIpc) is 2.68. The molecule has 0 atom stereocenters. The molecule has 0 aromatic heterocycles. The van der Waals surface area contributed by atoms with Gasteiger partial charge in [0.25, 0.3) is 5.91 Å². The van der Waals surface area contributed by atoms with Gasteiger partial charge in [-0.15, -0.1) is 0 Å². The molecule has 0 spiro atoms. The molecule has 0 aliphatic carbocycles. The van der Waals surface area contributed by atoms with Crippen molar-refractivity contribution in [1.29, 1.82) is 0 Å². The van der Waals surface area contributed by atoms with Crippen LogP contribution >= 0.6 is 15.9 Å². The zero-order chi connectivity index (χ0) is 19.1. The highest BCUT2D eigenvalue weighted by molar-refractivity contribution is 9.10. The van der Waals surface area contributed by atoms with E-state index in [1.807, 2.05) is 48.5 Å². The van der Waals surface area contributed by atoms with Crippen molar-refractivity contribution in [1.82, 2.24) is 5.43 Å². The number of halogens is 2. The Morgan fingerprint density at radius 2 is 1.89 bits per heavy atom. The van der Waals surface area contributed by atoms with E-state index in [-0.39, 0.29) is 5.56 Å². The first-order chi connectivity index (χ1) is 13.1. The maximum absolute atomic E-state index is 13.1. The Balaban J connectivity index is 1.58. The van der Waals surface area contributed by atoms with Crippen molar-refractivity contribution in [3.63, 3.8) is 0 Å². The van der Waals surface area contributed by atoms with Crippen molar-refractivity contribution in [2.45, 2.75) is 6.61 Å². The zero-order valence-electron chi connectivity index (χ0n) is 14.2. The molecule has 136 valence electrons. The Hall–Kier alpha value is -2.99. The van der Waals surface area contributed by atoms with Crippen LogP contribution in [0.5, 0.6) is 5.75 Å². The number of benzene rings is 3. The predicted molar refractivity (Wildman–Crippen MR) is 106 cm³/mol. The Morgan fingerprint density at radius 1 is 1.07 bits per heavy atom. The molecule has 0 bridgehead atoms. The first-order valence-corrected chi connectivity index (χ1v) is 8.96. The number of carbonyl (C=O) groups excluding carboxylic acids is 1. The molecule has 0 radical (unpaired) electrons. The molecule has 6 heteroatoms. The molecule has 27 heavy (non-hydrogen) atoms. The second-order valence-corrected chi connectivity index (χ2v) is 6.53. The molecule has 0 aliphatic rings. The van der Waals surface area contributed by atoms with E-state index in [4.69, 9.17) is 4.74 Å². The average molecular weight is 427 g/mol. The molecule has 0 unspecified atom stereocenters. The number of nitrogens with zero attached hydrogens (tertiary/aromatic N) is 1. The Labute approximate surface area is 164 Å². The summed E-state index contributed by atoms with van der Waals surface area (Å²) < 4.78 is 19.7. The molecule has 1 amide bonds. The number of amides is 1. The summed E-state index contributed by atoms with van der Waals surface area (Å²) in [5.74, 6) is -0.242. The van der Waals surface area contributed by atoms with E-state index in [0.717, 1.165) is 21.7 Å². The molecular formula is C21H16BrFN2O2. The standard InChI is InChI=1S/C21H16BrFN2O2/c22-19-11-16(9-10-20(19)27-14-15-5-2-1-3-6-15)13-24-25-21(26)17-7-4-8-18(23)12-17/h1-13H,14H2,(H,25,26)/b24-13-. The van der Waals surface area contributed by atoms with Gasteiger partial charge in [0.15, 0.2) is 0 Å². The molecule has 4 nitrogen and oxygen atoms in total. The van der Waals surface area contributed by atoms with Gasteiger partial charge in [0.1, 0.15) is 18.2 Å². The van der Waals surface area contributed by atoms with Crippen molar-refractivity contribution in [3.8, 4) is 5.75 Å². The summed E-state index contributed by atoms with van der Waals surface area (Å²) in [7, 11) is 0. The summed E-state index contributed by atoms with van der Waals surface area (Å²) in [4.78, 5) is 11.9. The SMILES string of the molecule is O=C(N/N=C\c1ccc(OCc2ccccc2)c(Br)c1)c1cccc(F)c1. The minimum absolute atomic E-state index is 0.206. The maximum atomic E-state index is 13.1. The lowest BCUT2D eigenvalue weighted by Crippen LogP contribution is -2.17. The molecular weight excluding hydrogens is 411 g/mol. The number of hydrogen-bond acceptors (Lipinski definition) is 3. The Kier molecular flexibility index (Phi) is 6.33. The van der Waals surface area contributed by atoms with Crippen molar-refractivity contribution >= 4 is 28.1 Å². The van der Waals surface area contributed by atoms with Gasteiger partial charge >= 0.3 is 0 Å². The lowest BCUT2D eigenvalue weighted by atomic mass is 10.2. The van der Waals surface area contributed by atoms with Crippen LogP contribution in [0.2, 0.25) is 0 Å². The van der Waals surface area contributed by atoms with E-state index in [2.05, 4.69) is 26.5 Å². The van der Waals surface area contributed by atoms with Crippen molar-refractivity contribution < 1.29 is 13.9 Å². The van der Waals surface area contributed by atoms with Gasteiger partial charge in [-0.1, -0.05) is 36.4 Å². The highest BCUT2D eigenvalue weighted by Gasteiger charge is 2.05. The maximum Gasteiger partial charge on any atom is 0.271 e. The topological polar surface area (TPSA) is 50.7 Å². The second-order valence-electron chi connectivity index (χ2n) is 5.67. The highest BCUT2D eigenvalue weighted by atomic mass is 79.9. The van der Waals surface area contributed by atoms with Crippen LogP contribution in [0.1, 0.15) is 21.5 Å².